The van der Waals surface area contributed by atoms with Crippen LogP contribution in [-0.2, 0) is 10.0 Å². The van der Waals surface area contributed by atoms with E-state index in [0.29, 0.717) is 17.4 Å². The Kier molecular flexibility index (Phi) is 5.01. The molecule has 19 heavy (non-hydrogen) atoms. The lowest BCUT2D eigenvalue weighted by Gasteiger charge is -2.29. The monoisotopic (exact) mass is 304 g/mol. The van der Waals surface area contributed by atoms with Crippen LogP contribution >= 0.6 is 12.4 Å². The van der Waals surface area contributed by atoms with Crippen LogP contribution in [0.3, 0.4) is 0 Å². The van der Waals surface area contributed by atoms with Crippen LogP contribution < -0.4 is 10.5 Å². The lowest BCUT2D eigenvalue weighted by Crippen LogP contribution is -2.52. The van der Waals surface area contributed by atoms with Gasteiger partial charge in [0.15, 0.2) is 0 Å². The molecular weight excluding hydrogens is 284 g/mol. The predicted molar refractivity (Wildman–Crippen MR) is 78.9 cm³/mol. The molecule has 0 heterocycles. The Morgan fingerprint density at radius 1 is 1.42 bits per heavy atom. The lowest BCUT2D eigenvalue weighted by molar-refractivity contribution is 0.374. The van der Waals surface area contributed by atoms with E-state index in [0.717, 1.165) is 18.4 Å². The maximum absolute atomic E-state index is 12.3. The van der Waals surface area contributed by atoms with Gasteiger partial charge in [-0.15, -0.1) is 12.4 Å². The maximum Gasteiger partial charge on any atom is 0.241 e. The summed E-state index contributed by atoms with van der Waals surface area (Å²) in [6.45, 7) is 4.09. The molecule has 2 rings (SSSR count). The summed E-state index contributed by atoms with van der Waals surface area (Å²) < 4.78 is 27.4. The van der Waals surface area contributed by atoms with Crippen LogP contribution in [0.2, 0.25) is 0 Å². The highest BCUT2D eigenvalue weighted by Gasteiger charge is 2.43. The van der Waals surface area contributed by atoms with Gasteiger partial charge in [0.1, 0.15) is 0 Å². The summed E-state index contributed by atoms with van der Waals surface area (Å²) in [6, 6.07) is 6.91. The Labute approximate surface area is 121 Å². The summed E-state index contributed by atoms with van der Waals surface area (Å²) in [6.07, 6.45) is 2.09. The van der Waals surface area contributed by atoms with Crippen molar-refractivity contribution in [2.24, 2.45) is 11.7 Å². The van der Waals surface area contributed by atoms with Crippen LogP contribution in [0.4, 0.5) is 0 Å². The number of sulfonamides is 1. The quantitative estimate of drug-likeness (QED) is 0.871. The molecule has 1 aliphatic rings. The van der Waals surface area contributed by atoms with Crippen LogP contribution in [0.15, 0.2) is 29.2 Å². The van der Waals surface area contributed by atoms with E-state index < -0.39 is 15.6 Å². The van der Waals surface area contributed by atoms with Crippen molar-refractivity contribution in [3.8, 4) is 0 Å². The molecule has 1 saturated carbocycles. The molecule has 0 spiro atoms. The van der Waals surface area contributed by atoms with Gasteiger partial charge in [-0.25, -0.2) is 13.1 Å². The normalized spacial score (nSPS) is 18.5. The highest BCUT2D eigenvalue weighted by atomic mass is 35.5. The lowest BCUT2D eigenvalue weighted by atomic mass is 9.98. The molecule has 0 aliphatic heterocycles. The van der Waals surface area contributed by atoms with E-state index >= 15 is 0 Å². The first-order valence-electron chi connectivity index (χ1n) is 6.18. The zero-order valence-electron chi connectivity index (χ0n) is 11.2. The van der Waals surface area contributed by atoms with Crippen LogP contribution in [0.25, 0.3) is 0 Å². The topological polar surface area (TPSA) is 72.2 Å². The molecule has 3 N–H and O–H groups in total. The maximum atomic E-state index is 12.3. The molecule has 1 aromatic carbocycles. The molecule has 1 fully saturated rings. The van der Waals surface area contributed by atoms with Gasteiger partial charge in [0.25, 0.3) is 0 Å². The number of benzene rings is 1. The molecule has 0 saturated heterocycles. The van der Waals surface area contributed by atoms with Gasteiger partial charge >= 0.3 is 0 Å². The van der Waals surface area contributed by atoms with Gasteiger partial charge in [0.05, 0.1) is 4.90 Å². The van der Waals surface area contributed by atoms with Gasteiger partial charge in [-0.05, 0) is 50.3 Å². The summed E-state index contributed by atoms with van der Waals surface area (Å²) >= 11 is 0. The fraction of sp³-hybridized carbons (Fsp3) is 0.538. The van der Waals surface area contributed by atoms with E-state index in [4.69, 9.17) is 5.73 Å². The zero-order chi connectivity index (χ0) is 13.4. The van der Waals surface area contributed by atoms with Crippen molar-refractivity contribution in [2.75, 3.05) is 6.54 Å². The molecule has 0 radical (unpaired) electrons. The van der Waals surface area contributed by atoms with Crippen molar-refractivity contribution in [3.63, 3.8) is 0 Å². The first kappa shape index (κ1) is 16.4. The SMILES string of the molecule is Cc1cccc(S(=O)(=O)NC(C)(CN)C2CC2)c1.Cl. The number of halogens is 1. The number of nitrogens with one attached hydrogen (secondary N) is 1. The van der Waals surface area contributed by atoms with Crippen LogP contribution in [0.1, 0.15) is 25.3 Å². The predicted octanol–water partition coefficient (Wildman–Crippen LogP) is 1.82. The molecule has 0 bridgehead atoms. The second-order valence-corrected chi connectivity index (χ2v) is 7.00. The minimum atomic E-state index is -3.49. The molecule has 1 atom stereocenters. The number of nitrogens with two attached hydrogens (primary N) is 1. The fourth-order valence-corrected chi connectivity index (χ4v) is 3.74. The van der Waals surface area contributed by atoms with Gasteiger partial charge in [-0.3, -0.25) is 0 Å². The van der Waals surface area contributed by atoms with Crippen LogP contribution in [0, 0.1) is 12.8 Å². The number of hydrogen-bond acceptors (Lipinski definition) is 3. The van der Waals surface area contributed by atoms with E-state index in [1.807, 2.05) is 19.9 Å². The molecule has 108 valence electrons. The van der Waals surface area contributed by atoms with E-state index in [1.54, 1.807) is 18.2 Å². The number of aryl methyl sites for hydroxylation is 1. The highest BCUT2D eigenvalue weighted by Crippen LogP contribution is 2.39. The molecule has 4 nitrogen and oxygen atoms in total. The smallest absolute Gasteiger partial charge is 0.241 e. The van der Waals surface area contributed by atoms with Crippen LogP contribution in [-0.4, -0.2) is 20.5 Å². The summed E-state index contributed by atoms with van der Waals surface area (Å²) in [5.41, 5.74) is 6.14. The Morgan fingerprint density at radius 2 is 2.05 bits per heavy atom. The summed E-state index contributed by atoms with van der Waals surface area (Å²) in [5.74, 6) is 0.363. The van der Waals surface area contributed by atoms with Crippen molar-refractivity contribution in [1.82, 2.24) is 4.72 Å². The first-order chi connectivity index (χ1) is 8.37. The van der Waals surface area contributed by atoms with Gasteiger partial charge in [-0.2, -0.15) is 0 Å². The van der Waals surface area contributed by atoms with Crippen molar-refractivity contribution in [2.45, 2.75) is 37.1 Å². The van der Waals surface area contributed by atoms with Gasteiger partial charge < -0.3 is 5.73 Å². The molecule has 1 unspecified atom stereocenters. The Balaban J connectivity index is 0.00000180. The largest absolute Gasteiger partial charge is 0.329 e. The number of hydrogen-bond donors (Lipinski definition) is 2. The molecule has 0 amide bonds. The van der Waals surface area contributed by atoms with Crippen molar-refractivity contribution < 1.29 is 8.42 Å². The van der Waals surface area contributed by atoms with E-state index in [1.165, 1.54) is 0 Å². The third-order valence-corrected chi connectivity index (χ3v) is 5.18. The van der Waals surface area contributed by atoms with Crippen molar-refractivity contribution in [3.05, 3.63) is 29.8 Å². The Hall–Kier alpha value is -0.620. The van der Waals surface area contributed by atoms with Crippen LogP contribution in [0.5, 0.6) is 0 Å². The van der Waals surface area contributed by atoms with E-state index in [-0.39, 0.29) is 12.4 Å². The first-order valence-corrected chi connectivity index (χ1v) is 7.66. The average molecular weight is 305 g/mol. The minimum Gasteiger partial charge on any atom is -0.329 e. The van der Waals surface area contributed by atoms with Gasteiger partial charge in [-0.1, -0.05) is 12.1 Å². The second-order valence-electron chi connectivity index (χ2n) is 5.32. The molecule has 6 heteroatoms. The molecular formula is C13H21ClN2O2S. The zero-order valence-corrected chi connectivity index (χ0v) is 12.9. The van der Waals surface area contributed by atoms with Gasteiger partial charge in [0, 0.05) is 12.1 Å². The minimum absolute atomic E-state index is 0. The van der Waals surface area contributed by atoms with Gasteiger partial charge in [0.2, 0.25) is 10.0 Å². The van der Waals surface area contributed by atoms with E-state index in [2.05, 4.69) is 4.72 Å². The molecule has 1 aliphatic carbocycles. The van der Waals surface area contributed by atoms with Crippen molar-refractivity contribution >= 4 is 22.4 Å². The Bertz CT molecular complexity index is 543. The number of rotatable bonds is 5. The summed E-state index contributed by atoms with van der Waals surface area (Å²) in [7, 11) is -3.49. The van der Waals surface area contributed by atoms with Crippen molar-refractivity contribution in [1.29, 1.82) is 0 Å². The fourth-order valence-electron chi connectivity index (χ4n) is 2.16. The molecule has 1 aromatic rings. The van der Waals surface area contributed by atoms with E-state index in [9.17, 15) is 8.42 Å². The highest BCUT2D eigenvalue weighted by molar-refractivity contribution is 7.89. The Morgan fingerprint density at radius 3 is 2.53 bits per heavy atom. The second kappa shape index (κ2) is 5.79. The standard InChI is InChI=1S/C13H20N2O2S.ClH/c1-10-4-3-5-12(8-10)18(16,17)15-13(2,9-14)11-6-7-11;/h3-5,8,11,15H,6-7,9,14H2,1-2H3;1H. The average Bonchev–Trinajstić information content (AvgIpc) is 3.12. The summed E-state index contributed by atoms with van der Waals surface area (Å²) in [5, 5.41) is 0. The third-order valence-electron chi connectivity index (χ3n) is 3.57. The summed E-state index contributed by atoms with van der Waals surface area (Å²) in [4.78, 5) is 0.308. The molecule has 0 aromatic heterocycles. The third kappa shape index (κ3) is 3.69.